The van der Waals surface area contributed by atoms with Crippen molar-refractivity contribution in [3.05, 3.63) is 53.0 Å². The van der Waals surface area contributed by atoms with Gasteiger partial charge in [0.1, 0.15) is 5.69 Å². The fourth-order valence-electron chi connectivity index (χ4n) is 4.50. The number of aromatic nitrogens is 3. The Kier molecular flexibility index (Phi) is 4.44. The van der Waals surface area contributed by atoms with E-state index in [-0.39, 0.29) is 12.2 Å². The lowest BCUT2D eigenvalue weighted by molar-refractivity contribution is -0.144. The first kappa shape index (κ1) is 19.5. The number of carbonyl (C=O) groups excluding carboxylic acids is 2. The minimum absolute atomic E-state index is 0.134. The quantitative estimate of drug-likeness (QED) is 0.658. The van der Waals surface area contributed by atoms with Crippen LogP contribution in [-0.2, 0) is 23.2 Å². The second-order valence-electron chi connectivity index (χ2n) is 8.22. The van der Waals surface area contributed by atoms with E-state index in [2.05, 4.69) is 10.3 Å². The van der Waals surface area contributed by atoms with Gasteiger partial charge in [-0.25, -0.2) is 4.68 Å². The summed E-state index contributed by atoms with van der Waals surface area (Å²) in [6.07, 6.45) is 3.92. The van der Waals surface area contributed by atoms with Crippen molar-refractivity contribution in [3.63, 3.8) is 0 Å². The molecule has 2 amide bonds. The normalized spacial score (nSPS) is 20.8. The van der Waals surface area contributed by atoms with Gasteiger partial charge < -0.3 is 20.3 Å². The van der Waals surface area contributed by atoms with E-state index in [4.69, 9.17) is 10.3 Å². The Morgan fingerprint density at radius 3 is 2.81 bits per heavy atom. The molecule has 1 aliphatic carbocycles. The number of nitrogens with zero attached hydrogens (tertiary/aromatic N) is 4. The van der Waals surface area contributed by atoms with E-state index >= 15 is 0 Å². The fourth-order valence-corrected chi connectivity index (χ4v) is 4.50. The summed E-state index contributed by atoms with van der Waals surface area (Å²) in [5, 5.41) is 19.4. The molecule has 3 N–H and O–H groups in total. The summed E-state index contributed by atoms with van der Waals surface area (Å²) < 4.78 is 7.15. The van der Waals surface area contributed by atoms with Crippen molar-refractivity contribution in [2.24, 2.45) is 5.73 Å². The average Bonchev–Trinajstić information content (AvgIpc) is 3.48. The summed E-state index contributed by atoms with van der Waals surface area (Å²) >= 11 is 0. The first-order valence-electron chi connectivity index (χ1n) is 10.3. The highest BCUT2D eigenvalue weighted by molar-refractivity contribution is 5.92. The molecule has 1 atom stereocenters. The first-order valence-corrected chi connectivity index (χ1v) is 10.3. The van der Waals surface area contributed by atoms with Crippen LogP contribution in [0.4, 0.5) is 0 Å². The van der Waals surface area contributed by atoms with E-state index in [1.165, 1.54) is 4.90 Å². The Morgan fingerprint density at radius 2 is 2.06 bits per heavy atom. The second-order valence-corrected chi connectivity index (χ2v) is 8.22. The van der Waals surface area contributed by atoms with E-state index in [1.54, 1.807) is 17.8 Å². The van der Waals surface area contributed by atoms with Crippen LogP contribution < -0.4 is 5.73 Å². The Hall–Kier alpha value is -3.46. The molecule has 9 heteroatoms. The number of likely N-dealkylation sites (N-methyl/N-ethyl adjacent to an activating group) is 1. The topological polar surface area (TPSA) is 127 Å². The minimum atomic E-state index is -1.69. The molecule has 1 unspecified atom stereocenters. The standard InChI is InChI=1S/C22H23N5O4/c1-26-10-9-22(30,21(26)29)18-12-16(25-31-18)13-5-4-6-14(11-13)27-17-8-3-2-7-15(17)19(24-27)20(23)28/h4-6,11-12,30H,2-3,7-10H2,1H3,(H2,23,28). The van der Waals surface area contributed by atoms with Crippen LogP contribution in [0.25, 0.3) is 16.9 Å². The van der Waals surface area contributed by atoms with E-state index in [9.17, 15) is 14.7 Å². The van der Waals surface area contributed by atoms with Crippen LogP contribution in [0.3, 0.4) is 0 Å². The summed E-state index contributed by atoms with van der Waals surface area (Å²) in [6, 6.07) is 9.12. The van der Waals surface area contributed by atoms with Crippen molar-refractivity contribution in [1.29, 1.82) is 0 Å². The van der Waals surface area contributed by atoms with Gasteiger partial charge in [0.2, 0.25) is 5.60 Å². The lowest BCUT2D eigenvalue weighted by atomic mass is 9.95. The lowest BCUT2D eigenvalue weighted by Crippen LogP contribution is -2.35. The van der Waals surface area contributed by atoms with E-state index in [0.717, 1.165) is 48.2 Å². The molecule has 3 aromatic rings. The molecule has 31 heavy (non-hydrogen) atoms. The van der Waals surface area contributed by atoms with Gasteiger partial charge in [0.05, 0.1) is 5.69 Å². The molecule has 0 saturated carbocycles. The highest BCUT2D eigenvalue weighted by atomic mass is 16.5. The number of primary amides is 1. The van der Waals surface area contributed by atoms with Gasteiger partial charge in [-0.3, -0.25) is 9.59 Å². The summed E-state index contributed by atoms with van der Waals surface area (Å²) in [5.41, 5.74) is 8.16. The molecule has 2 aromatic heterocycles. The van der Waals surface area contributed by atoms with Crippen LogP contribution in [0.2, 0.25) is 0 Å². The average molecular weight is 421 g/mol. The SMILES string of the molecule is CN1CCC(O)(c2cc(-c3cccc(-n4nc(C(N)=O)c5c4CCCC5)c3)no2)C1=O. The van der Waals surface area contributed by atoms with Crippen LogP contribution in [0, 0.1) is 0 Å². The lowest BCUT2D eigenvalue weighted by Gasteiger charge is -2.16. The zero-order valence-electron chi connectivity index (χ0n) is 17.2. The summed E-state index contributed by atoms with van der Waals surface area (Å²) in [4.78, 5) is 25.7. The summed E-state index contributed by atoms with van der Waals surface area (Å²) in [6.45, 7) is 0.452. The summed E-state index contributed by atoms with van der Waals surface area (Å²) in [5.74, 6) is -0.783. The van der Waals surface area contributed by atoms with Gasteiger partial charge in [-0.15, -0.1) is 0 Å². The molecule has 1 fully saturated rings. The van der Waals surface area contributed by atoms with Crippen molar-refractivity contribution in [2.45, 2.75) is 37.7 Å². The van der Waals surface area contributed by atoms with Crippen LogP contribution in [0.15, 0.2) is 34.9 Å². The van der Waals surface area contributed by atoms with Crippen LogP contribution in [0.5, 0.6) is 0 Å². The highest BCUT2D eigenvalue weighted by Gasteiger charge is 2.48. The third kappa shape index (κ3) is 3.04. The van der Waals surface area contributed by atoms with Gasteiger partial charge in [-0.05, 0) is 37.8 Å². The molecule has 3 heterocycles. The predicted octanol–water partition coefficient (Wildman–Crippen LogP) is 1.55. The molecule has 160 valence electrons. The number of nitrogens with two attached hydrogens (primary N) is 1. The van der Waals surface area contributed by atoms with Gasteiger partial charge in [0, 0.05) is 42.9 Å². The number of aliphatic hydroxyl groups is 1. The Morgan fingerprint density at radius 1 is 1.26 bits per heavy atom. The zero-order chi connectivity index (χ0) is 21.8. The monoisotopic (exact) mass is 421 g/mol. The Labute approximate surface area is 178 Å². The number of hydrogen-bond acceptors (Lipinski definition) is 6. The molecule has 1 aliphatic heterocycles. The molecular formula is C22H23N5O4. The fraction of sp³-hybridized carbons (Fsp3) is 0.364. The van der Waals surface area contributed by atoms with Crippen molar-refractivity contribution in [1.82, 2.24) is 19.8 Å². The first-order chi connectivity index (χ1) is 14.9. The number of rotatable bonds is 4. The maximum Gasteiger partial charge on any atom is 0.269 e. The smallest absolute Gasteiger partial charge is 0.269 e. The van der Waals surface area contributed by atoms with Gasteiger partial charge >= 0.3 is 0 Å². The van der Waals surface area contributed by atoms with Crippen molar-refractivity contribution in [2.75, 3.05) is 13.6 Å². The van der Waals surface area contributed by atoms with Gasteiger partial charge in [-0.2, -0.15) is 5.10 Å². The predicted molar refractivity (Wildman–Crippen MR) is 110 cm³/mol. The van der Waals surface area contributed by atoms with Crippen molar-refractivity contribution < 1.29 is 19.2 Å². The molecule has 2 aliphatic rings. The zero-order valence-corrected chi connectivity index (χ0v) is 17.2. The minimum Gasteiger partial charge on any atom is -0.373 e. The van der Waals surface area contributed by atoms with Crippen molar-refractivity contribution >= 4 is 11.8 Å². The number of likely N-dealkylation sites (tertiary alicyclic amines) is 1. The van der Waals surface area contributed by atoms with E-state index in [0.29, 0.717) is 17.9 Å². The molecule has 1 saturated heterocycles. The number of hydrogen-bond donors (Lipinski definition) is 2. The molecule has 5 rings (SSSR count). The highest BCUT2D eigenvalue weighted by Crippen LogP contribution is 2.35. The molecule has 1 aromatic carbocycles. The molecular weight excluding hydrogens is 398 g/mol. The van der Waals surface area contributed by atoms with Gasteiger partial charge in [0.15, 0.2) is 11.5 Å². The Bertz CT molecular complexity index is 1200. The third-order valence-corrected chi connectivity index (χ3v) is 6.23. The number of benzene rings is 1. The number of amides is 2. The Balaban J connectivity index is 1.52. The maximum absolute atomic E-state index is 12.3. The maximum atomic E-state index is 12.3. The second kappa shape index (κ2) is 7.05. The number of fused-ring (bicyclic) bond motifs is 1. The van der Waals surface area contributed by atoms with Gasteiger partial charge in [0.25, 0.3) is 11.8 Å². The largest absolute Gasteiger partial charge is 0.373 e. The molecule has 9 nitrogen and oxygen atoms in total. The molecule has 0 spiro atoms. The van der Waals surface area contributed by atoms with Crippen molar-refractivity contribution in [3.8, 4) is 16.9 Å². The van der Waals surface area contributed by atoms with Crippen LogP contribution in [-0.4, -0.2) is 50.4 Å². The molecule has 0 radical (unpaired) electrons. The number of carbonyl (C=O) groups is 2. The van der Waals surface area contributed by atoms with Gasteiger partial charge in [-0.1, -0.05) is 17.3 Å². The summed E-state index contributed by atoms with van der Waals surface area (Å²) in [7, 11) is 1.65. The van der Waals surface area contributed by atoms with Crippen LogP contribution in [0.1, 0.15) is 46.8 Å². The van der Waals surface area contributed by atoms with E-state index in [1.807, 2.05) is 24.3 Å². The molecule has 0 bridgehead atoms. The third-order valence-electron chi connectivity index (χ3n) is 6.23. The van der Waals surface area contributed by atoms with E-state index < -0.39 is 17.4 Å². The van der Waals surface area contributed by atoms with Crippen LogP contribution >= 0.6 is 0 Å².